The highest BCUT2D eigenvalue weighted by atomic mass is 16.5. The van der Waals surface area contributed by atoms with Crippen molar-refractivity contribution in [3.05, 3.63) is 83.8 Å². The van der Waals surface area contributed by atoms with Gasteiger partial charge in [-0.15, -0.1) is 0 Å². The first-order valence-corrected chi connectivity index (χ1v) is 9.65. The van der Waals surface area contributed by atoms with E-state index in [2.05, 4.69) is 22.6 Å². The van der Waals surface area contributed by atoms with Crippen LogP contribution in [0.25, 0.3) is 5.70 Å². The van der Waals surface area contributed by atoms with Crippen molar-refractivity contribution < 1.29 is 18.6 Å². The van der Waals surface area contributed by atoms with Crippen LogP contribution in [-0.2, 0) is 0 Å². The van der Waals surface area contributed by atoms with Crippen molar-refractivity contribution >= 4 is 5.70 Å². The highest BCUT2D eigenvalue weighted by Crippen LogP contribution is 2.49. The maximum Gasteiger partial charge on any atom is 0.196 e. The molecule has 1 aromatic heterocycles. The summed E-state index contributed by atoms with van der Waals surface area (Å²) >= 11 is 0. The van der Waals surface area contributed by atoms with E-state index in [1.165, 1.54) is 0 Å². The maximum absolute atomic E-state index is 6.50. The summed E-state index contributed by atoms with van der Waals surface area (Å²) in [6.07, 6.45) is 3.46. The highest BCUT2D eigenvalue weighted by Gasteiger charge is 2.41. The molecule has 2 aliphatic heterocycles. The second kappa shape index (κ2) is 7.22. The van der Waals surface area contributed by atoms with E-state index < -0.39 is 0 Å². The standard InChI is InChI=1S/C23H22N2O4/c1-3-27-21-10-5-9-17-19-14-18(20-11-6-12-28-20)24-25(19)23(29-22(17)21)15-7-4-8-16(13-15)26-2/h4-14,19,23-24H,3H2,1-2H3. The molecule has 3 heterocycles. The summed E-state index contributed by atoms with van der Waals surface area (Å²) in [7, 11) is 1.66. The smallest absolute Gasteiger partial charge is 0.196 e. The Labute approximate surface area is 169 Å². The van der Waals surface area contributed by atoms with Gasteiger partial charge in [0.2, 0.25) is 0 Å². The van der Waals surface area contributed by atoms with Gasteiger partial charge in [-0.2, -0.15) is 5.01 Å². The minimum absolute atomic E-state index is 0.0320. The number of hydrazine groups is 1. The molecule has 0 radical (unpaired) electrons. The van der Waals surface area contributed by atoms with Gasteiger partial charge in [-0.1, -0.05) is 24.3 Å². The molecule has 1 N–H and O–H groups in total. The van der Waals surface area contributed by atoms with Crippen LogP contribution in [0.2, 0.25) is 0 Å². The number of hydrogen-bond acceptors (Lipinski definition) is 6. The molecule has 0 spiro atoms. The van der Waals surface area contributed by atoms with Crippen LogP contribution in [-0.4, -0.2) is 18.7 Å². The second-order valence-electron chi connectivity index (χ2n) is 6.88. The molecule has 0 amide bonds. The van der Waals surface area contributed by atoms with Crippen LogP contribution in [0.1, 0.15) is 36.1 Å². The van der Waals surface area contributed by atoms with Crippen molar-refractivity contribution in [2.75, 3.05) is 13.7 Å². The Morgan fingerprint density at radius 3 is 2.79 bits per heavy atom. The first-order valence-electron chi connectivity index (χ1n) is 9.65. The topological polar surface area (TPSA) is 56.1 Å². The van der Waals surface area contributed by atoms with Crippen LogP contribution in [0.3, 0.4) is 0 Å². The summed E-state index contributed by atoms with van der Waals surface area (Å²) in [6, 6.07) is 17.7. The fourth-order valence-corrected chi connectivity index (χ4v) is 3.85. The van der Waals surface area contributed by atoms with Gasteiger partial charge in [0, 0.05) is 11.1 Å². The monoisotopic (exact) mass is 390 g/mol. The molecule has 5 rings (SSSR count). The van der Waals surface area contributed by atoms with Crippen molar-refractivity contribution in [1.82, 2.24) is 10.4 Å². The van der Waals surface area contributed by atoms with Crippen molar-refractivity contribution in [2.24, 2.45) is 0 Å². The van der Waals surface area contributed by atoms with Crippen LogP contribution < -0.4 is 19.6 Å². The van der Waals surface area contributed by atoms with E-state index in [1.807, 2.05) is 55.5 Å². The molecule has 2 aromatic carbocycles. The Kier molecular flexibility index (Phi) is 4.41. The largest absolute Gasteiger partial charge is 0.497 e. The first kappa shape index (κ1) is 17.7. The molecular formula is C23H22N2O4. The first-order chi connectivity index (χ1) is 14.3. The molecule has 0 saturated carbocycles. The second-order valence-corrected chi connectivity index (χ2v) is 6.88. The number of fused-ring (bicyclic) bond motifs is 3. The van der Waals surface area contributed by atoms with E-state index in [4.69, 9.17) is 18.6 Å². The van der Waals surface area contributed by atoms with Gasteiger partial charge in [0.05, 0.1) is 31.7 Å². The van der Waals surface area contributed by atoms with Crippen molar-refractivity contribution in [3.63, 3.8) is 0 Å². The third-order valence-corrected chi connectivity index (χ3v) is 5.15. The third kappa shape index (κ3) is 3.02. The average molecular weight is 390 g/mol. The molecule has 2 atom stereocenters. The van der Waals surface area contributed by atoms with Gasteiger partial charge in [-0.05, 0) is 43.3 Å². The molecule has 2 aliphatic rings. The number of furan rings is 1. The number of rotatable bonds is 5. The number of hydrogen-bond donors (Lipinski definition) is 1. The predicted molar refractivity (Wildman–Crippen MR) is 108 cm³/mol. The van der Waals surface area contributed by atoms with Crippen LogP contribution in [0, 0.1) is 0 Å². The van der Waals surface area contributed by atoms with Crippen molar-refractivity contribution in [2.45, 2.75) is 19.2 Å². The number of nitrogens with one attached hydrogen (secondary N) is 1. The average Bonchev–Trinajstić information content (AvgIpc) is 3.44. The van der Waals surface area contributed by atoms with Gasteiger partial charge >= 0.3 is 0 Å². The van der Waals surface area contributed by atoms with Crippen LogP contribution >= 0.6 is 0 Å². The summed E-state index contributed by atoms with van der Waals surface area (Å²) in [5, 5.41) is 2.09. The Morgan fingerprint density at radius 2 is 2.00 bits per heavy atom. The Hall–Kier alpha value is -3.38. The third-order valence-electron chi connectivity index (χ3n) is 5.15. The number of para-hydroxylation sites is 1. The van der Waals surface area contributed by atoms with Gasteiger partial charge in [0.1, 0.15) is 5.75 Å². The van der Waals surface area contributed by atoms with Crippen LogP contribution in [0.15, 0.2) is 71.4 Å². The van der Waals surface area contributed by atoms with E-state index in [0.717, 1.165) is 39.8 Å². The van der Waals surface area contributed by atoms with E-state index in [1.54, 1.807) is 13.4 Å². The Balaban J connectivity index is 1.62. The highest BCUT2D eigenvalue weighted by molar-refractivity contribution is 5.65. The Bertz CT molecular complexity index is 1040. The van der Waals surface area contributed by atoms with Gasteiger partial charge in [0.15, 0.2) is 23.5 Å². The molecule has 2 unspecified atom stereocenters. The minimum Gasteiger partial charge on any atom is -0.497 e. The molecule has 6 heteroatoms. The zero-order chi connectivity index (χ0) is 19.8. The molecular weight excluding hydrogens is 368 g/mol. The lowest BCUT2D eigenvalue weighted by molar-refractivity contribution is -0.0348. The predicted octanol–water partition coefficient (Wildman–Crippen LogP) is 4.68. The summed E-state index contributed by atoms with van der Waals surface area (Å²) in [4.78, 5) is 0. The number of methoxy groups -OCH3 is 1. The summed E-state index contributed by atoms with van der Waals surface area (Å²) in [6.45, 7) is 2.55. The minimum atomic E-state index is -0.368. The molecule has 148 valence electrons. The van der Waals surface area contributed by atoms with Crippen molar-refractivity contribution in [3.8, 4) is 17.2 Å². The molecule has 29 heavy (non-hydrogen) atoms. The van der Waals surface area contributed by atoms with Crippen LogP contribution in [0.4, 0.5) is 0 Å². The lowest BCUT2D eigenvalue weighted by Crippen LogP contribution is -2.43. The summed E-state index contributed by atoms with van der Waals surface area (Å²) < 4.78 is 23.4. The van der Waals surface area contributed by atoms with E-state index in [9.17, 15) is 0 Å². The lowest BCUT2D eigenvalue weighted by Gasteiger charge is -2.39. The van der Waals surface area contributed by atoms with Gasteiger partial charge in [-0.25, -0.2) is 0 Å². The molecule has 6 nitrogen and oxygen atoms in total. The van der Waals surface area contributed by atoms with Crippen molar-refractivity contribution in [1.29, 1.82) is 0 Å². The lowest BCUT2D eigenvalue weighted by atomic mass is 10.0. The number of benzene rings is 2. The fourth-order valence-electron chi connectivity index (χ4n) is 3.85. The quantitative estimate of drug-likeness (QED) is 0.683. The zero-order valence-electron chi connectivity index (χ0n) is 16.3. The normalized spacial score (nSPS) is 20.1. The van der Waals surface area contributed by atoms with Gasteiger partial charge < -0.3 is 24.1 Å². The number of ether oxygens (including phenoxy) is 3. The molecule has 3 aromatic rings. The zero-order valence-corrected chi connectivity index (χ0v) is 16.3. The molecule has 0 fully saturated rings. The van der Waals surface area contributed by atoms with E-state index >= 15 is 0 Å². The summed E-state index contributed by atoms with van der Waals surface area (Å²) in [5.74, 6) is 3.08. The SMILES string of the molecule is CCOc1cccc2c1OC(c1cccc(OC)c1)N1NC(c3ccco3)=CC21. The summed E-state index contributed by atoms with van der Waals surface area (Å²) in [5.41, 5.74) is 6.40. The van der Waals surface area contributed by atoms with Gasteiger partial charge in [-0.3, -0.25) is 0 Å². The molecule has 0 aliphatic carbocycles. The molecule has 0 bridgehead atoms. The number of nitrogens with zero attached hydrogens (tertiary/aromatic N) is 1. The Morgan fingerprint density at radius 1 is 1.10 bits per heavy atom. The van der Waals surface area contributed by atoms with E-state index in [-0.39, 0.29) is 12.3 Å². The van der Waals surface area contributed by atoms with Gasteiger partial charge in [0.25, 0.3) is 0 Å². The van der Waals surface area contributed by atoms with Crippen LogP contribution in [0.5, 0.6) is 17.2 Å². The maximum atomic E-state index is 6.50. The van der Waals surface area contributed by atoms with E-state index in [0.29, 0.717) is 6.61 Å². The fraction of sp³-hybridized carbons (Fsp3) is 0.217. The molecule has 0 saturated heterocycles.